The van der Waals surface area contributed by atoms with E-state index in [4.69, 9.17) is 13.9 Å². The molecule has 3 saturated carbocycles. The number of aliphatic hydroxyl groups is 3. The van der Waals surface area contributed by atoms with Crippen molar-refractivity contribution in [2.75, 3.05) is 19.8 Å². The third kappa shape index (κ3) is 4.15. The summed E-state index contributed by atoms with van der Waals surface area (Å²) in [7, 11) is -1.90. The predicted octanol–water partition coefficient (Wildman–Crippen LogP) is 4.47. The van der Waals surface area contributed by atoms with Crippen LogP contribution in [0, 0.1) is 28.6 Å². The SMILES string of the molecule is CC(C)(C)[Si](C)(C)O[C@H]1CC[C@](C)(C2CC[C@@]3(C)C(CCC34OCCO4)C2C(O)CO)[C@@H](O)C1. The van der Waals surface area contributed by atoms with E-state index in [-0.39, 0.29) is 46.3 Å². The van der Waals surface area contributed by atoms with E-state index in [0.29, 0.717) is 19.6 Å². The second-order valence-corrected chi connectivity index (χ2v) is 18.5. The molecule has 1 saturated heterocycles. The molecular formula is C27H50O6Si. The molecule has 4 fully saturated rings. The molecule has 4 aliphatic rings. The predicted molar refractivity (Wildman–Crippen MR) is 135 cm³/mol. The van der Waals surface area contributed by atoms with E-state index in [9.17, 15) is 15.3 Å². The van der Waals surface area contributed by atoms with Gasteiger partial charge in [0.1, 0.15) is 0 Å². The van der Waals surface area contributed by atoms with Gasteiger partial charge in [0.2, 0.25) is 0 Å². The summed E-state index contributed by atoms with van der Waals surface area (Å²) in [6, 6.07) is 0. The molecule has 4 rings (SSSR count). The van der Waals surface area contributed by atoms with Crippen molar-refractivity contribution in [3.05, 3.63) is 0 Å². The Morgan fingerprint density at radius 3 is 2.18 bits per heavy atom. The molecule has 3 N–H and O–H groups in total. The highest BCUT2D eigenvalue weighted by molar-refractivity contribution is 6.74. The monoisotopic (exact) mass is 498 g/mol. The van der Waals surface area contributed by atoms with Crippen LogP contribution in [0.25, 0.3) is 0 Å². The van der Waals surface area contributed by atoms with Gasteiger partial charge in [-0.3, -0.25) is 0 Å². The van der Waals surface area contributed by atoms with Gasteiger partial charge < -0.3 is 29.2 Å². The Hall–Kier alpha value is -0.0231. The van der Waals surface area contributed by atoms with Crippen LogP contribution in [0.15, 0.2) is 0 Å². The first kappa shape index (κ1) is 27.0. The third-order valence-electron chi connectivity index (χ3n) is 11.1. The molecule has 6 nitrogen and oxygen atoms in total. The molecule has 3 aliphatic carbocycles. The number of ether oxygens (including phenoxy) is 2. The Morgan fingerprint density at radius 1 is 1.00 bits per heavy atom. The van der Waals surface area contributed by atoms with E-state index in [1.54, 1.807) is 0 Å². The van der Waals surface area contributed by atoms with Gasteiger partial charge >= 0.3 is 0 Å². The van der Waals surface area contributed by atoms with Crippen molar-refractivity contribution in [1.82, 2.24) is 0 Å². The van der Waals surface area contributed by atoms with E-state index >= 15 is 0 Å². The smallest absolute Gasteiger partial charge is 0.192 e. The molecule has 1 aliphatic heterocycles. The van der Waals surface area contributed by atoms with Crippen LogP contribution in [0.5, 0.6) is 0 Å². The van der Waals surface area contributed by atoms with Crippen LogP contribution in [0.1, 0.15) is 79.6 Å². The summed E-state index contributed by atoms with van der Waals surface area (Å²) in [6.07, 6.45) is 4.94. The average Bonchev–Trinajstić information content (AvgIpc) is 3.35. The van der Waals surface area contributed by atoms with Gasteiger partial charge in [-0.15, -0.1) is 0 Å². The molecule has 0 bridgehead atoms. The molecule has 7 heteroatoms. The number of hydrogen-bond acceptors (Lipinski definition) is 6. The third-order valence-corrected chi connectivity index (χ3v) is 15.7. The van der Waals surface area contributed by atoms with Crippen molar-refractivity contribution in [3.8, 4) is 0 Å². The first-order valence-electron chi connectivity index (χ1n) is 13.6. The minimum Gasteiger partial charge on any atom is -0.414 e. The number of hydrogen-bond donors (Lipinski definition) is 3. The molecule has 0 amide bonds. The quantitative estimate of drug-likeness (QED) is 0.485. The zero-order valence-electron chi connectivity index (χ0n) is 22.6. The molecule has 0 radical (unpaired) electrons. The molecule has 8 atom stereocenters. The average molecular weight is 499 g/mol. The number of aliphatic hydroxyl groups excluding tert-OH is 3. The summed E-state index contributed by atoms with van der Waals surface area (Å²) in [5.74, 6) is -0.275. The van der Waals surface area contributed by atoms with Gasteiger partial charge in [-0.1, -0.05) is 34.6 Å². The van der Waals surface area contributed by atoms with Crippen LogP contribution in [-0.4, -0.2) is 67.6 Å². The Kier molecular flexibility index (Phi) is 7.21. The highest BCUT2D eigenvalue weighted by atomic mass is 28.4. The van der Waals surface area contributed by atoms with Crippen molar-refractivity contribution < 1.29 is 29.2 Å². The van der Waals surface area contributed by atoms with Gasteiger partial charge in [-0.05, 0) is 79.8 Å². The lowest BCUT2D eigenvalue weighted by Gasteiger charge is -2.58. The van der Waals surface area contributed by atoms with Crippen molar-refractivity contribution >= 4 is 8.32 Å². The second kappa shape index (κ2) is 9.07. The number of rotatable bonds is 5. The fourth-order valence-corrected chi connectivity index (χ4v) is 9.32. The fourth-order valence-electron chi connectivity index (χ4n) is 7.92. The largest absolute Gasteiger partial charge is 0.414 e. The Balaban J connectivity index is 1.55. The normalized spacial score (nSPS) is 43.8. The first-order chi connectivity index (χ1) is 15.7. The maximum atomic E-state index is 11.6. The zero-order valence-corrected chi connectivity index (χ0v) is 23.6. The topological polar surface area (TPSA) is 88.4 Å². The number of fused-ring (bicyclic) bond motifs is 2. The molecule has 4 unspecified atom stereocenters. The molecule has 1 spiro atoms. The van der Waals surface area contributed by atoms with Gasteiger partial charge in [-0.25, -0.2) is 0 Å². The van der Waals surface area contributed by atoms with E-state index in [2.05, 4.69) is 47.7 Å². The highest BCUT2D eigenvalue weighted by Crippen LogP contribution is 2.66. The van der Waals surface area contributed by atoms with Crippen LogP contribution in [0.3, 0.4) is 0 Å². The van der Waals surface area contributed by atoms with Gasteiger partial charge in [0, 0.05) is 17.9 Å². The van der Waals surface area contributed by atoms with Crippen LogP contribution in [0.4, 0.5) is 0 Å². The Labute approximate surface area is 207 Å². The van der Waals surface area contributed by atoms with Crippen LogP contribution in [0.2, 0.25) is 18.1 Å². The summed E-state index contributed by atoms with van der Waals surface area (Å²) < 4.78 is 19.1. The van der Waals surface area contributed by atoms with Crippen LogP contribution in [-0.2, 0) is 13.9 Å². The Bertz CT molecular complexity index is 731. The Morgan fingerprint density at radius 2 is 1.62 bits per heavy atom. The zero-order chi connectivity index (χ0) is 25.2. The van der Waals surface area contributed by atoms with Crippen molar-refractivity contribution in [2.24, 2.45) is 28.6 Å². The summed E-state index contributed by atoms with van der Waals surface area (Å²) in [6.45, 7) is 16.8. The highest BCUT2D eigenvalue weighted by Gasteiger charge is 2.67. The minimum atomic E-state index is -1.90. The van der Waals surface area contributed by atoms with Crippen molar-refractivity contribution in [1.29, 1.82) is 0 Å². The molecule has 198 valence electrons. The lowest BCUT2D eigenvalue weighted by molar-refractivity contribution is -0.251. The van der Waals surface area contributed by atoms with E-state index in [1.165, 1.54) is 0 Å². The van der Waals surface area contributed by atoms with Gasteiger partial charge in [0.25, 0.3) is 0 Å². The van der Waals surface area contributed by atoms with E-state index < -0.39 is 26.3 Å². The van der Waals surface area contributed by atoms with E-state index in [0.717, 1.165) is 38.5 Å². The fraction of sp³-hybridized carbons (Fsp3) is 1.00. The maximum Gasteiger partial charge on any atom is 0.192 e. The molecule has 0 aromatic rings. The molecule has 0 aromatic carbocycles. The molecule has 0 aromatic heterocycles. The maximum absolute atomic E-state index is 11.6. The van der Waals surface area contributed by atoms with Gasteiger partial charge in [-0.2, -0.15) is 0 Å². The van der Waals surface area contributed by atoms with Gasteiger partial charge in [0.05, 0.1) is 32.0 Å². The van der Waals surface area contributed by atoms with E-state index in [1.807, 2.05) is 0 Å². The molecule has 1 heterocycles. The minimum absolute atomic E-state index is 0.0755. The molecule has 34 heavy (non-hydrogen) atoms. The van der Waals surface area contributed by atoms with Crippen molar-refractivity contribution in [2.45, 2.75) is 122 Å². The van der Waals surface area contributed by atoms with Gasteiger partial charge in [0.15, 0.2) is 14.1 Å². The molecular weight excluding hydrogens is 448 g/mol. The summed E-state index contributed by atoms with van der Waals surface area (Å²) in [4.78, 5) is 0. The lowest BCUT2D eigenvalue weighted by Crippen LogP contribution is -2.59. The van der Waals surface area contributed by atoms with Crippen LogP contribution >= 0.6 is 0 Å². The second-order valence-electron chi connectivity index (χ2n) is 13.8. The standard InChI is InChI=1S/C27H50O6Si/c1-24(2,3)34(6,7)33-18-8-11-25(4,22(30)16-18)19-9-12-26(5)20(23(19)21(29)17-28)10-13-27(26)31-14-15-32-27/h18-23,28-30H,8-17H2,1-7H3/t18-,19?,20?,21?,22-,23?,25+,26-/m0/s1. The summed E-state index contributed by atoms with van der Waals surface area (Å²) in [5.41, 5.74) is -0.479. The summed E-state index contributed by atoms with van der Waals surface area (Å²) in [5, 5.41) is 32.9. The first-order valence-corrected chi connectivity index (χ1v) is 16.5. The lowest BCUT2D eigenvalue weighted by atomic mass is 9.49. The van der Waals surface area contributed by atoms with Crippen molar-refractivity contribution in [3.63, 3.8) is 0 Å². The van der Waals surface area contributed by atoms with Crippen LogP contribution < -0.4 is 0 Å². The summed E-state index contributed by atoms with van der Waals surface area (Å²) >= 11 is 0.